The first kappa shape index (κ1) is 14.8. The molecule has 1 atom stereocenters. The number of thioether (sulfide) groups is 1. The molecular formula is C14H20IN3OS. The quantitative estimate of drug-likeness (QED) is 0.769. The predicted molar refractivity (Wildman–Crippen MR) is 91.5 cm³/mol. The summed E-state index contributed by atoms with van der Waals surface area (Å²) in [5.41, 5.74) is 1.09. The van der Waals surface area contributed by atoms with Gasteiger partial charge in [-0.3, -0.25) is 9.69 Å². The smallest absolute Gasteiger partial charge is 0.264 e. The number of hydrogen-bond donors (Lipinski definition) is 1. The number of halogens is 1. The summed E-state index contributed by atoms with van der Waals surface area (Å²) in [6.45, 7) is 1.06. The maximum atomic E-state index is 12.2. The van der Waals surface area contributed by atoms with Crippen LogP contribution >= 0.6 is 34.4 Å². The number of hydrogen-bond acceptors (Lipinski definition) is 4. The largest absolute Gasteiger partial charge is 0.308 e. The number of H-pyrrole nitrogens is 1. The van der Waals surface area contributed by atoms with Crippen LogP contribution in [-0.4, -0.2) is 40.0 Å². The van der Waals surface area contributed by atoms with Gasteiger partial charge >= 0.3 is 0 Å². The van der Waals surface area contributed by atoms with Gasteiger partial charge in [-0.1, -0.05) is 12.8 Å². The SMILES string of the molecule is CN1CCSCC1c1nc(C2CCCC2)c(I)c(=O)[nH]1. The van der Waals surface area contributed by atoms with Crippen LogP contribution in [0.4, 0.5) is 0 Å². The van der Waals surface area contributed by atoms with E-state index in [4.69, 9.17) is 4.98 Å². The minimum Gasteiger partial charge on any atom is -0.308 e. The van der Waals surface area contributed by atoms with Gasteiger partial charge in [0.05, 0.1) is 15.3 Å². The average molecular weight is 405 g/mol. The van der Waals surface area contributed by atoms with E-state index >= 15 is 0 Å². The van der Waals surface area contributed by atoms with Crippen molar-refractivity contribution in [2.45, 2.75) is 37.6 Å². The molecular weight excluding hydrogens is 385 g/mol. The normalized spacial score (nSPS) is 25.2. The van der Waals surface area contributed by atoms with Crippen LogP contribution in [-0.2, 0) is 0 Å². The monoisotopic (exact) mass is 405 g/mol. The van der Waals surface area contributed by atoms with E-state index in [0.29, 0.717) is 5.92 Å². The van der Waals surface area contributed by atoms with Gasteiger partial charge in [-0.05, 0) is 42.5 Å². The number of nitrogens with zero attached hydrogens (tertiary/aromatic N) is 2. The van der Waals surface area contributed by atoms with E-state index in [1.807, 2.05) is 11.8 Å². The van der Waals surface area contributed by atoms with E-state index in [9.17, 15) is 4.79 Å². The predicted octanol–water partition coefficient (Wildman–Crippen LogP) is 2.75. The van der Waals surface area contributed by atoms with Gasteiger partial charge in [-0.2, -0.15) is 11.8 Å². The lowest BCUT2D eigenvalue weighted by Crippen LogP contribution is -2.35. The molecule has 6 heteroatoms. The van der Waals surface area contributed by atoms with Gasteiger partial charge in [-0.25, -0.2) is 4.98 Å². The summed E-state index contributed by atoms with van der Waals surface area (Å²) in [5, 5.41) is 0. The van der Waals surface area contributed by atoms with Crippen molar-refractivity contribution in [2.24, 2.45) is 0 Å². The van der Waals surface area contributed by atoms with Gasteiger partial charge in [0.25, 0.3) is 5.56 Å². The molecule has 110 valence electrons. The molecule has 0 radical (unpaired) electrons. The van der Waals surface area contributed by atoms with Crippen LogP contribution < -0.4 is 5.56 Å². The fourth-order valence-electron chi connectivity index (χ4n) is 3.10. The van der Waals surface area contributed by atoms with Crippen molar-refractivity contribution in [1.82, 2.24) is 14.9 Å². The number of rotatable bonds is 2. The van der Waals surface area contributed by atoms with Crippen molar-refractivity contribution in [1.29, 1.82) is 0 Å². The molecule has 1 aliphatic carbocycles. The van der Waals surface area contributed by atoms with Crippen LogP contribution in [0.2, 0.25) is 0 Å². The van der Waals surface area contributed by atoms with Crippen molar-refractivity contribution in [3.63, 3.8) is 0 Å². The van der Waals surface area contributed by atoms with E-state index in [1.54, 1.807) is 0 Å². The van der Waals surface area contributed by atoms with Crippen LogP contribution in [0.5, 0.6) is 0 Å². The summed E-state index contributed by atoms with van der Waals surface area (Å²) < 4.78 is 0.796. The van der Waals surface area contributed by atoms with Crippen molar-refractivity contribution < 1.29 is 0 Å². The maximum Gasteiger partial charge on any atom is 0.264 e. The highest BCUT2D eigenvalue weighted by molar-refractivity contribution is 14.1. The summed E-state index contributed by atoms with van der Waals surface area (Å²) in [4.78, 5) is 22.4. The van der Waals surface area contributed by atoms with Crippen molar-refractivity contribution in [2.75, 3.05) is 25.1 Å². The fraction of sp³-hybridized carbons (Fsp3) is 0.714. The first-order valence-corrected chi connectivity index (χ1v) is 9.47. The summed E-state index contributed by atoms with van der Waals surface area (Å²) in [6.07, 6.45) is 4.90. The molecule has 1 aromatic heterocycles. The molecule has 0 aromatic carbocycles. The standard InChI is InChI=1S/C14H20IN3OS/c1-18-6-7-20-8-10(18)13-16-12(9-4-2-3-5-9)11(15)14(19)17-13/h9-10H,2-8H2,1H3,(H,16,17,19). The second-order valence-corrected chi connectivity index (χ2v) is 7.93. The molecule has 2 aliphatic rings. The van der Waals surface area contributed by atoms with Crippen molar-refractivity contribution in [3.05, 3.63) is 25.4 Å². The molecule has 1 saturated heterocycles. The summed E-state index contributed by atoms with van der Waals surface area (Å²) >= 11 is 4.11. The molecule has 0 amide bonds. The molecule has 1 saturated carbocycles. The minimum atomic E-state index is 0.0430. The van der Waals surface area contributed by atoms with Gasteiger partial charge < -0.3 is 4.98 Å². The van der Waals surface area contributed by atoms with Gasteiger partial charge in [-0.15, -0.1) is 0 Å². The first-order chi connectivity index (χ1) is 9.66. The number of aromatic nitrogens is 2. The zero-order valence-electron chi connectivity index (χ0n) is 11.7. The third-order valence-corrected chi connectivity index (χ3v) is 6.43. The Labute approximate surface area is 137 Å². The van der Waals surface area contributed by atoms with E-state index < -0.39 is 0 Å². The van der Waals surface area contributed by atoms with Gasteiger partial charge in [0.15, 0.2) is 0 Å². The second-order valence-electron chi connectivity index (χ2n) is 5.70. The molecule has 0 spiro atoms. The Balaban J connectivity index is 1.97. The lowest BCUT2D eigenvalue weighted by atomic mass is 10.0. The summed E-state index contributed by atoms with van der Waals surface area (Å²) in [6, 6.07) is 0.249. The average Bonchev–Trinajstić information content (AvgIpc) is 2.96. The lowest BCUT2D eigenvalue weighted by Gasteiger charge is -2.31. The zero-order chi connectivity index (χ0) is 14.1. The minimum absolute atomic E-state index is 0.0430. The Kier molecular flexibility index (Phi) is 4.72. The molecule has 0 bridgehead atoms. The Bertz CT molecular complexity index is 542. The lowest BCUT2D eigenvalue weighted by molar-refractivity contribution is 0.263. The molecule has 20 heavy (non-hydrogen) atoms. The molecule has 1 aromatic rings. The van der Waals surface area contributed by atoms with Crippen LogP contribution in [0.15, 0.2) is 4.79 Å². The highest BCUT2D eigenvalue weighted by Crippen LogP contribution is 2.35. The Morgan fingerprint density at radius 2 is 2.15 bits per heavy atom. The first-order valence-electron chi connectivity index (χ1n) is 7.24. The Morgan fingerprint density at radius 1 is 1.40 bits per heavy atom. The molecule has 1 unspecified atom stereocenters. The van der Waals surface area contributed by atoms with Gasteiger partial charge in [0.1, 0.15) is 5.82 Å². The number of aromatic amines is 1. The van der Waals surface area contributed by atoms with Gasteiger partial charge in [0.2, 0.25) is 0 Å². The highest BCUT2D eigenvalue weighted by Gasteiger charge is 2.27. The number of nitrogens with one attached hydrogen (secondary N) is 1. The van der Waals surface area contributed by atoms with Crippen molar-refractivity contribution >= 4 is 34.4 Å². The third kappa shape index (κ3) is 2.92. The maximum absolute atomic E-state index is 12.2. The third-order valence-electron chi connectivity index (χ3n) is 4.36. The fourth-order valence-corrected chi connectivity index (χ4v) is 5.01. The van der Waals surface area contributed by atoms with Crippen LogP contribution in [0.3, 0.4) is 0 Å². The van der Waals surface area contributed by atoms with E-state index in [-0.39, 0.29) is 11.6 Å². The topological polar surface area (TPSA) is 49.0 Å². The van der Waals surface area contributed by atoms with Crippen LogP contribution in [0.25, 0.3) is 0 Å². The van der Waals surface area contributed by atoms with Gasteiger partial charge in [0, 0.05) is 24.0 Å². The highest BCUT2D eigenvalue weighted by atomic mass is 127. The summed E-state index contributed by atoms with van der Waals surface area (Å²) in [7, 11) is 2.12. The van der Waals surface area contributed by atoms with E-state index in [1.165, 1.54) is 25.7 Å². The molecule has 3 rings (SSSR count). The van der Waals surface area contributed by atoms with Crippen molar-refractivity contribution in [3.8, 4) is 0 Å². The molecule has 1 aliphatic heterocycles. The van der Waals surface area contributed by atoms with Crippen LogP contribution in [0.1, 0.15) is 49.2 Å². The second kappa shape index (κ2) is 6.36. The zero-order valence-corrected chi connectivity index (χ0v) is 14.7. The molecule has 2 heterocycles. The van der Waals surface area contributed by atoms with E-state index in [0.717, 1.165) is 33.1 Å². The van der Waals surface area contributed by atoms with E-state index in [2.05, 4.69) is 39.5 Å². The summed E-state index contributed by atoms with van der Waals surface area (Å²) in [5.74, 6) is 3.54. The Morgan fingerprint density at radius 3 is 2.85 bits per heavy atom. The Hall–Kier alpha value is -0.0800. The molecule has 4 nitrogen and oxygen atoms in total. The molecule has 2 fully saturated rings. The molecule has 1 N–H and O–H groups in total. The van der Waals surface area contributed by atoms with Crippen LogP contribution in [0, 0.1) is 3.57 Å².